The van der Waals surface area contributed by atoms with Gasteiger partial charge >= 0.3 is 0 Å². The Morgan fingerprint density at radius 2 is 1.85 bits per heavy atom. The molecule has 0 unspecified atom stereocenters. The van der Waals surface area contributed by atoms with Gasteiger partial charge in [-0.05, 0) is 43.9 Å². The second-order valence-corrected chi connectivity index (χ2v) is 9.12. The van der Waals surface area contributed by atoms with Gasteiger partial charge in [-0.3, -0.25) is 9.59 Å². The SMILES string of the molecule is Cc1nc(NC2CCN(C(=O)c3ccc(F)c(F)c3)CC2)cc2c1NC(=O)[C@H](C(C)C)N2C.S. The van der Waals surface area contributed by atoms with Crippen LogP contribution in [0.2, 0.25) is 0 Å². The summed E-state index contributed by atoms with van der Waals surface area (Å²) in [6.07, 6.45) is 1.41. The molecular formula is C24H31F2N5O2S. The van der Waals surface area contributed by atoms with Crippen molar-refractivity contribution in [1.29, 1.82) is 0 Å². The summed E-state index contributed by atoms with van der Waals surface area (Å²) < 4.78 is 26.7. The molecule has 0 spiro atoms. The highest BCUT2D eigenvalue weighted by Crippen LogP contribution is 2.37. The predicted octanol–water partition coefficient (Wildman–Crippen LogP) is 3.91. The molecule has 184 valence electrons. The second-order valence-electron chi connectivity index (χ2n) is 9.12. The molecule has 1 aromatic heterocycles. The van der Waals surface area contributed by atoms with Crippen molar-refractivity contribution >= 4 is 42.5 Å². The summed E-state index contributed by atoms with van der Waals surface area (Å²) in [6.45, 7) is 6.93. The van der Waals surface area contributed by atoms with Crippen LogP contribution in [0.15, 0.2) is 24.3 Å². The molecule has 2 N–H and O–H groups in total. The summed E-state index contributed by atoms with van der Waals surface area (Å²) in [5.74, 6) is -1.43. The van der Waals surface area contributed by atoms with Crippen molar-refractivity contribution in [2.45, 2.75) is 45.7 Å². The largest absolute Gasteiger partial charge is 0.367 e. The smallest absolute Gasteiger partial charge is 0.253 e. The van der Waals surface area contributed by atoms with Crippen LogP contribution in [-0.2, 0) is 4.79 Å². The zero-order valence-corrected chi connectivity index (χ0v) is 20.8. The zero-order valence-electron chi connectivity index (χ0n) is 19.8. The number of anilines is 3. The molecule has 2 aromatic rings. The van der Waals surface area contributed by atoms with E-state index in [9.17, 15) is 18.4 Å². The lowest BCUT2D eigenvalue weighted by Crippen LogP contribution is -2.49. The van der Waals surface area contributed by atoms with Gasteiger partial charge < -0.3 is 20.4 Å². The molecular weight excluding hydrogens is 460 g/mol. The topological polar surface area (TPSA) is 77.6 Å². The van der Waals surface area contributed by atoms with E-state index in [1.54, 1.807) is 4.90 Å². The Morgan fingerprint density at radius 3 is 2.47 bits per heavy atom. The summed E-state index contributed by atoms with van der Waals surface area (Å²) in [6, 6.07) is 5.05. The van der Waals surface area contributed by atoms with Crippen molar-refractivity contribution in [2.75, 3.05) is 35.7 Å². The van der Waals surface area contributed by atoms with E-state index in [1.807, 2.05) is 38.8 Å². The molecule has 7 nitrogen and oxygen atoms in total. The molecule has 4 rings (SSSR count). The summed E-state index contributed by atoms with van der Waals surface area (Å²) >= 11 is 0. The predicted molar refractivity (Wildman–Crippen MR) is 134 cm³/mol. The number of fused-ring (bicyclic) bond motifs is 1. The molecule has 1 aromatic carbocycles. The molecule has 1 atom stereocenters. The van der Waals surface area contributed by atoms with E-state index >= 15 is 0 Å². The second kappa shape index (κ2) is 10.2. The van der Waals surface area contributed by atoms with E-state index in [2.05, 4.69) is 15.6 Å². The third-order valence-corrected chi connectivity index (χ3v) is 6.43. The van der Waals surface area contributed by atoms with Crippen LogP contribution >= 0.6 is 13.5 Å². The summed E-state index contributed by atoms with van der Waals surface area (Å²) in [7, 11) is 1.92. The standard InChI is InChI=1S/C24H29F2N5O2.H2S/c1-13(2)22-23(32)29-21-14(3)27-20(12-19(21)30(22)4)28-16-7-9-31(10-8-16)24(33)15-5-6-17(25)18(26)11-15;/h5-6,11-13,16,22H,7-10H2,1-4H3,(H,27,28)(H,29,32);1H2/t22-;/m0./s1. The monoisotopic (exact) mass is 491 g/mol. The maximum Gasteiger partial charge on any atom is 0.253 e. The lowest BCUT2D eigenvalue weighted by molar-refractivity contribution is -0.118. The van der Waals surface area contributed by atoms with Crippen molar-refractivity contribution in [1.82, 2.24) is 9.88 Å². The first kappa shape index (κ1) is 25.7. The third kappa shape index (κ3) is 4.96. The van der Waals surface area contributed by atoms with Crippen LogP contribution in [0.4, 0.5) is 26.0 Å². The Labute approximate surface area is 205 Å². The average Bonchev–Trinajstić information content (AvgIpc) is 2.76. The van der Waals surface area contributed by atoms with Crippen molar-refractivity contribution in [3.8, 4) is 0 Å². The van der Waals surface area contributed by atoms with Gasteiger partial charge in [0.05, 0.1) is 17.1 Å². The number of benzene rings is 1. The number of hydrogen-bond acceptors (Lipinski definition) is 5. The number of halogens is 2. The molecule has 3 heterocycles. The Balaban J connectivity index is 0.00000324. The van der Waals surface area contributed by atoms with Gasteiger partial charge in [0, 0.05) is 37.8 Å². The summed E-state index contributed by atoms with van der Waals surface area (Å²) in [5.41, 5.74) is 2.55. The van der Waals surface area contributed by atoms with E-state index in [4.69, 9.17) is 0 Å². The van der Waals surface area contributed by atoms with Crippen molar-refractivity contribution in [3.05, 3.63) is 47.2 Å². The normalized spacial score (nSPS) is 18.3. The van der Waals surface area contributed by atoms with Gasteiger partial charge in [0.15, 0.2) is 11.6 Å². The fraction of sp³-hybridized carbons (Fsp3) is 0.458. The Kier molecular flexibility index (Phi) is 7.70. The van der Waals surface area contributed by atoms with Gasteiger partial charge in [0.1, 0.15) is 11.9 Å². The number of pyridine rings is 1. The number of aryl methyl sites for hydroxylation is 1. The molecule has 2 aliphatic heterocycles. The first-order valence-electron chi connectivity index (χ1n) is 11.2. The van der Waals surface area contributed by atoms with Gasteiger partial charge in [-0.15, -0.1) is 0 Å². The number of nitrogens with one attached hydrogen (secondary N) is 2. The molecule has 1 fully saturated rings. The number of carbonyl (C=O) groups is 2. The first-order valence-corrected chi connectivity index (χ1v) is 11.2. The van der Waals surface area contributed by atoms with Crippen molar-refractivity contribution < 1.29 is 18.4 Å². The number of carbonyl (C=O) groups excluding carboxylic acids is 2. The van der Waals surface area contributed by atoms with Crippen LogP contribution in [0.25, 0.3) is 0 Å². The Morgan fingerprint density at radius 1 is 1.18 bits per heavy atom. The lowest BCUT2D eigenvalue weighted by Gasteiger charge is -2.38. The highest BCUT2D eigenvalue weighted by molar-refractivity contribution is 7.59. The number of aromatic nitrogens is 1. The van der Waals surface area contributed by atoms with Gasteiger partial charge in [-0.25, -0.2) is 13.8 Å². The molecule has 1 saturated heterocycles. The number of likely N-dealkylation sites (N-methyl/N-ethyl adjacent to an activating group) is 1. The van der Waals surface area contributed by atoms with Crippen molar-refractivity contribution in [3.63, 3.8) is 0 Å². The maximum absolute atomic E-state index is 13.5. The molecule has 2 amide bonds. The highest BCUT2D eigenvalue weighted by Gasteiger charge is 2.34. The highest BCUT2D eigenvalue weighted by atomic mass is 32.1. The van der Waals surface area contributed by atoms with E-state index in [0.29, 0.717) is 25.9 Å². The van der Waals surface area contributed by atoms with Crippen LogP contribution in [0.5, 0.6) is 0 Å². The lowest BCUT2D eigenvalue weighted by atomic mass is 9.98. The van der Waals surface area contributed by atoms with E-state index in [0.717, 1.165) is 35.0 Å². The number of likely N-dealkylation sites (tertiary alicyclic amines) is 1. The number of amides is 2. The average molecular weight is 492 g/mol. The number of hydrogen-bond donors (Lipinski definition) is 2. The third-order valence-electron chi connectivity index (χ3n) is 6.43. The minimum atomic E-state index is -1.02. The van der Waals surface area contributed by atoms with E-state index < -0.39 is 11.6 Å². The van der Waals surface area contributed by atoms with Crippen LogP contribution in [0.3, 0.4) is 0 Å². The summed E-state index contributed by atoms with van der Waals surface area (Å²) in [5, 5.41) is 6.46. The fourth-order valence-electron chi connectivity index (χ4n) is 4.68. The Bertz CT molecular complexity index is 1090. The van der Waals surface area contributed by atoms with E-state index in [1.165, 1.54) is 6.07 Å². The number of piperidine rings is 1. The molecule has 34 heavy (non-hydrogen) atoms. The number of rotatable bonds is 4. The van der Waals surface area contributed by atoms with Gasteiger partial charge in [-0.1, -0.05) is 13.8 Å². The zero-order chi connectivity index (χ0) is 23.9. The summed E-state index contributed by atoms with van der Waals surface area (Å²) in [4.78, 5) is 33.5. The minimum Gasteiger partial charge on any atom is -0.367 e. The van der Waals surface area contributed by atoms with Crippen LogP contribution in [0, 0.1) is 24.5 Å². The molecule has 2 aliphatic rings. The fourth-order valence-corrected chi connectivity index (χ4v) is 4.68. The minimum absolute atomic E-state index is 0. The van der Waals surface area contributed by atoms with Crippen molar-refractivity contribution in [2.24, 2.45) is 5.92 Å². The van der Waals surface area contributed by atoms with E-state index in [-0.39, 0.29) is 48.9 Å². The quantitative estimate of drug-likeness (QED) is 0.678. The van der Waals surface area contributed by atoms with Gasteiger partial charge in [-0.2, -0.15) is 13.5 Å². The molecule has 0 bridgehead atoms. The van der Waals surface area contributed by atoms with Crippen LogP contribution in [-0.4, -0.2) is 53.9 Å². The number of nitrogens with zero attached hydrogens (tertiary/aromatic N) is 3. The molecule has 0 saturated carbocycles. The first-order chi connectivity index (χ1) is 15.7. The Hall–Kier alpha value is -2.88. The van der Waals surface area contributed by atoms with Crippen LogP contribution in [0.1, 0.15) is 42.7 Å². The molecule has 10 heteroatoms. The molecule has 0 aliphatic carbocycles. The molecule has 0 radical (unpaired) electrons. The maximum atomic E-state index is 13.5. The van der Waals surface area contributed by atoms with Gasteiger partial charge in [0.25, 0.3) is 5.91 Å². The van der Waals surface area contributed by atoms with Gasteiger partial charge in [0.2, 0.25) is 5.91 Å². The van der Waals surface area contributed by atoms with Crippen LogP contribution < -0.4 is 15.5 Å².